The first-order valence-electron chi connectivity index (χ1n) is 6.88. The van der Waals surface area contributed by atoms with E-state index in [1.807, 2.05) is 64.2 Å². The summed E-state index contributed by atoms with van der Waals surface area (Å²) in [7, 11) is 0. The fraction of sp³-hybridized carbons (Fsp3) is 0.389. The van der Waals surface area contributed by atoms with Gasteiger partial charge >= 0.3 is 21.7 Å². The van der Waals surface area contributed by atoms with Gasteiger partial charge in [-0.15, -0.1) is 5.92 Å². The van der Waals surface area contributed by atoms with Crippen LogP contribution in [0.25, 0.3) is 0 Å². The Morgan fingerprint density at radius 3 is 1.25 bits per heavy atom. The summed E-state index contributed by atoms with van der Waals surface area (Å²) in [5.41, 5.74) is 0.117. The summed E-state index contributed by atoms with van der Waals surface area (Å²) in [4.78, 5) is 0. The third kappa shape index (κ3) is 8.20. The zero-order valence-corrected chi connectivity index (χ0v) is 14.1. The van der Waals surface area contributed by atoms with Crippen LogP contribution in [0.15, 0.2) is 0 Å². The van der Waals surface area contributed by atoms with Gasteiger partial charge in [-0.2, -0.15) is 0 Å². The second-order valence-corrected chi connectivity index (χ2v) is 5.66. The van der Waals surface area contributed by atoms with Crippen molar-refractivity contribution in [1.29, 1.82) is 0 Å². The van der Waals surface area contributed by atoms with Gasteiger partial charge in [0.2, 0.25) is 0 Å². The van der Waals surface area contributed by atoms with Crippen molar-refractivity contribution < 1.29 is 26.8 Å². The molecule has 3 saturated carbocycles. The van der Waals surface area contributed by atoms with Crippen molar-refractivity contribution in [3.8, 4) is 0 Å². The van der Waals surface area contributed by atoms with E-state index < -0.39 is 0 Å². The summed E-state index contributed by atoms with van der Waals surface area (Å²) >= 11 is 0. The van der Waals surface area contributed by atoms with Crippen LogP contribution < -0.4 is 0 Å². The zero-order chi connectivity index (χ0) is 14.1. The van der Waals surface area contributed by atoms with Crippen LogP contribution in [0, 0.1) is 82.5 Å². The standard InChI is InChI=1S/C8H15O.2C5H5.Ti/c1-6-4-5-8(2,3)7(6)9;2*1-2-4-5-3-1;/h6-7,9H,1,4-5H2,2-3H3;2*1-5H;/q-1;;;+3/t6-,7-;;;/m0.../s1. The fourth-order valence-electron chi connectivity index (χ4n) is 2.14. The summed E-state index contributed by atoms with van der Waals surface area (Å²) in [6.45, 7) is 8.06. The van der Waals surface area contributed by atoms with E-state index in [0.29, 0.717) is 0 Å². The molecule has 0 aromatic carbocycles. The van der Waals surface area contributed by atoms with Gasteiger partial charge in [0.15, 0.2) is 0 Å². The van der Waals surface area contributed by atoms with E-state index in [9.17, 15) is 5.11 Å². The Morgan fingerprint density at radius 1 is 0.850 bits per heavy atom. The van der Waals surface area contributed by atoms with Gasteiger partial charge in [0.1, 0.15) is 0 Å². The van der Waals surface area contributed by atoms with Crippen molar-refractivity contribution in [3.63, 3.8) is 0 Å². The van der Waals surface area contributed by atoms with E-state index in [1.165, 1.54) is 0 Å². The minimum Gasteiger partial charge on any atom is -0.395 e. The molecule has 2 atom stereocenters. The largest absolute Gasteiger partial charge is 3.00 e. The molecule has 0 aromatic heterocycles. The van der Waals surface area contributed by atoms with E-state index in [2.05, 4.69) is 20.8 Å². The molecule has 20 heavy (non-hydrogen) atoms. The van der Waals surface area contributed by atoms with Crippen molar-refractivity contribution in [2.75, 3.05) is 0 Å². The van der Waals surface area contributed by atoms with Crippen LogP contribution in [0.5, 0.6) is 0 Å². The number of rotatable bonds is 0. The van der Waals surface area contributed by atoms with Gasteiger partial charge in [-0.1, -0.05) is 20.3 Å². The Labute approximate surface area is 142 Å². The SMILES string of the molecule is [CH2-][C@H]1CCC(C)(C)[C@H]1O.[CH]1[CH][CH][CH][CH]1.[CH]1[CH][CH][CH][CH]1.[Ti+3]. The van der Waals surface area contributed by atoms with Gasteiger partial charge in [0, 0.05) is 6.10 Å². The van der Waals surface area contributed by atoms with Gasteiger partial charge in [0.05, 0.1) is 0 Å². The van der Waals surface area contributed by atoms with Crippen LogP contribution in [0.4, 0.5) is 0 Å². The van der Waals surface area contributed by atoms with Crippen LogP contribution in [-0.4, -0.2) is 11.2 Å². The molecule has 105 valence electrons. The van der Waals surface area contributed by atoms with Gasteiger partial charge in [-0.25, -0.2) is 0 Å². The average molecular weight is 305 g/mol. The van der Waals surface area contributed by atoms with Gasteiger partial charge in [0.25, 0.3) is 0 Å². The topological polar surface area (TPSA) is 20.2 Å². The van der Waals surface area contributed by atoms with Gasteiger partial charge in [-0.05, 0) is 76.0 Å². The van der Waals surface area contributed by atoms with Crippen molar-refractivity contribution in [1.82, 2.24) is 0 Å². The molecular weight excluding hydrogens is 280 g/mol. The zero-order valence-electron chi connectivity index (χ0n) is 12.5. The molecule has 0 aromatic rings. The summed E-state index contributed by atoms with van der Waals surface area (Å²) < 4.78 is 0. The molecule has 0 unspecified atom stereocenters. The maximum absolute atomic E-state index is 9.46. The first-order valence-corrected chi connectivity index (χ1v) is 6.88. The molecule has 3 rings (SSSR count). The molecule has 11 radical (unpaired) electrons. The molecular formula is C18H25OTi+2. The van der Waals surface area contributed by atoms with Crippen LogP contribution in [0.1, 0.15) is 26.7 Å². The maximum Gasteiger partial charge on any atom is 3.00 e. The van der Waals surface area contributed by atoms with Gasteiger partial charge < -0.3 is 12.0 Å². The molecule has 3 aliphatic rings. The Morgan fingerprint density at radius 2 is 1.15 bits per heavy atom. The maximum atomic E-state index is 9.46. The number of hydrogen-bond acceptors (Lipinski definition) is 1. The molecule has 0 aliphatic heterocycles. The van der Waals surface area contributed by atoms with Crippen molar-refractivity contribution in [3.05, 3.63) is 71.1 Å². The van der Waals surface area contributed by atoms with E-state index in [0.717, 1.165) is 12.8 Å². The summed E-state index contributed by atoms with van der Waals surface area (Å²) in [6, 6.07) is 0. The van der Waals surface area contributed by atoms with Crippen molar-refractivity contribution >= 4 is 0 Å². The molecule has 0 spiro atoms. The van der Waals surface area contributed by atoms with Crippen LogP contribution in [0.3, 0.4) is 0 Å². The normalized spacial score (nSPS) is 30.6. The Balaban J connectivity index is 0.000000282. The third-order valence-electron chi connectivity index (χ3n) is 3.52. The Kier molecular flexibility index (Phi) is 11.6. The van der Waals surface area contributed by atoms with Crippen LogP contribution in [0.2, 0.25) is 0 Å². The van der Waals surface area contributed by atoms with E-state index >= 15 is 0 Å². The van der Waals surface area contributed by atoms with E-state index in [4.69, 9.17) is 0 Å². The van der Waals surface area contributed by atoms with Crippen LogP contribution >= 0.6 is 0 Å². The first kappa shape index (κ1) is 20.7. The van der Waals surface area contributed by atoms with Crippen molar-refractivity contribution in [2.24, 2.45) is 11.3 Å². The third-order valence-corrected chi connectivity index (χ3v) is 3.52. The summed E-state index contributed by atoms with van der Waals surface area (Å²) in [5, 5.41) is 9.46. The predicted octanol–water partition coefficient (Wildman–Crippen LogP) is 3.66. The molecule has 1 N–H and O–H groups in total. The predicted molar refractivity (Wildman–Crippen MR) is 80.9 cm³/mol. The Hall–Kier alpha value is 0.674. The molecule has 0 heterocycles. The molecule has 1 nitrogen and oxygen atoms in total. The van der Waals surface area contributed by atoms with E-state index in [-0.39, 0.29) is 39.2 Å². The van der Waals surface area contributed by atoms with Gasteiger partial charge in [-0.3, -0.25) is 0 Å². The molecule has 0 saturated heterocycles. The molecule has 0 amide bonds. The van der Waals surface area contributed by atoms with Crippen LogP contribution in [-0.2, 0) is 21.7 Å². The number of aliphatic hydroxyl groups is 1. The number of aliphatic hydroxyl groups excluding tert-OH is 1. The molecule has 3 aliphatic carbocycles. The minimum absolute atomic E-state index is 0. The second kappa shape index (κ2) is 11.3. The second-order valence-electron chi connectivity index (χ2n) is 5.66. The smallest absolute Gasteiger partial charge is 0.395 e. The summed E-state index contributed by atoms with van der Waals surface area (Å²) in [6.07, 6.45) is 22.0. The average Bonchev–Trinajstić information content (AvgIpc) is 3.12. The summed E-state index contributed by atoms with van der Waals surface area (Å²) in [5.74, 6) is 0.264. The molecule has 3 fully saturated rings. The molecule has 2 heteroatoms. The minimum atomic E-state index is -0.183. The van der Waals surface area contributed by atoms with Crippen molar-refractivity contribution in [2.45, 2.75) is 32.8 Å². The quantitative estimate of drug-likeness (QED) is 0.535. The molecule has 0 bridgehead atoms. The monoisotopic (exact) mass is 305 g/mol. The van der Waals surface area contributed by atoms with E-state index in [1.54, 1.807) is 0 Å². The number of hydrogen-bond donors (Lipinski definition) is 1. The first-order chi connectivity index (χ1) is 9.04. The fourth-order valence-corrected chi connectivity index (χ4v) is 2.14. The Bertz CT molecular complexity index is 194.